The van der Waals surface area contributed by atoms with Gasteiger partial charge in [0.15, 0.2) is 0 Å². The minimum absolute atomic E-state index is 0.352. The molecule has 1 amide bonds. The van der Waals surface area contributed by atoms with Crippen molar-refractivity contribution < 1.29 is 14.6 Å². The van der Waals surface area contributed by atoms with Gasteiger partial charge in [-0.05, 0) is 29.5 Å². The van der Waals surface area contributed by atoms with Crippen LogP contribution in [0.5, 0.6) is 0 Å². The molecule has 3 rings (SSSR count). The smallest absolute Gasteiger partial charge is 0.234 e. The largest absolute Gasteiger partial charge is 0.392 e. The number of likely N-dealkylation sites (tertiary alicyclic amines) is 1. The van der Waals surface area contributed by atoms with E-state index in [0.717, 1.165) is 13.0 Å². The van der Waals surface area contributed by atoms with Crippen LogP contribution in [0.3, 0.4) is 0 Å². The van der Waals surface area contributed by atoms with E-state index in [2.05, 4.69) is 12.1 Å². The number of hydrogen-bond acceptors (Lipinski definition) is 4. The second-order valence-corrected chi connectivity index (χ2v) is 5.59. The van der Waals surface area contributed by atoms with E-state index in [9.17, 15) is 9.90 Å². The van der Waals surface area contributed by atoms with Gasteiger partial charge in [-0.15, -0.1) is 0 Å². The van der Waals surface area contributed by atoms with E-state index in [0.29, 0.717) is 26.1 Å². The second kappa shape index (κ2) is 5.52. The molecule has 1 aromatic carbocycles. The summed E-state index contributed by atoms with van der Waals surface area (Å²) in [7, 11) is 0. The number of carbonyl (C=O) groups is 1. The molecule has 5 heteroatoms. The average molecular weight is 276 g/mol. The van der Waals surface area contributed by atoms with Gasteiger partial charge >= 0.3 is 0 Å². The molecule has 108 valence electrons. The molecule has 3 N–H and O–H groups in total. The average Bonchev–Trinajstić information content (AvgIpc) is 2.80. The van der Waals surface area contributed by atoms with Gasteiger partial charge in [0.2, 0.25) is 5.91 Å². The van der Waals surface area contributed by atoms with Gasteiger partial charge in [0.25, 0.3) is 0 Å². The van der Waals surface area contributed by atoms with Crippen LogP contribution in [-0.4, -0.2) is 41.2 Å². The van der Waals surface area contributed by atoms with Crippen LogP contribution in [0.1, 0.15) is 23.1 Å². The Balaban J connectivity index is 1.82. The van der Waals surface area contributed by atoms with Gasteiger partial charge in [-0.1, -0.05) is 18.2 Å². The highest BCUT2D eigenvalue weighted by Gasteiger charge is 2.34. The number of fused-ring (bicyclic) bond motifs is 1. The highest BCUT2D eigenvalue weighted by atomic mass is 16.5. The fraction of sp³-hybridized carbons (Fsp3) is 0.533. The van der Waals surface area contributed by atoms with Crippen LogP contribution in [0.2, 0.25) is 0 Å². The van der Waals surface area contributed by atoms with Crippen molar-refractivity contribution in [3.63, 3.8) is 0 Å². The van der Waals surface area contributed by atoms with E-state index in [-0.39, 0.29) is 11.9 Å². The van der Waals surface area contributed by atoms with Gasteiger partial charge in [-0.2, -0.15) is 0 Å². The lowest BCUT2D eigenvalue weighted by atomic mass is 9.96. The van der Waals surface area contributed by atoms with Crippen LogP contribution in [0, 0.1) is 0 Å². The Morgan fingerprint density at radius 3 is 3.15 bits per heavy atom. The molecule has 1 aromatic rings. The summed E-state index contributed by atoms with van der Waals surface area (Å²) in [6.07, 6.45) is 0.881. The van der Waals surface area contributed by atoms with E-state index in [4.69, 9.17) is 10.5 Å². The molecule has 2 heterocycles. The van der Waals surface area contributed by atoms with Crippen molar-refractivity contribution in [3.8, 4) is 0 Å². The number of amides is 1. The minimum atomic E-state index is -0.463. The van der Waals surface area contributed by atoms with Crippen molar-refractivity contribution in [1.82, 2.24) is 4.90 Å². The monoisotopic (exact) mass is 276 g/mol. The first-order valence-corrected chi connectivity index (χ1v) is 7.04. The number of nitrogens with zero attached hydrogens (tertiary/aromatic N) is 1. The van der Waals surface area contributed by atoms with E-state index < -0.39 is 6.10 Å². The SMILES string of the molecule is NC(=O)[C@@H]1C[C@@H](O)CN1Cc1cccc2c1CCOC2. The van der Waals surface area contributed by atoms with Gasteiger partial charge < -0.3 is 15.6 Å². The van der Waals surface area contributed by atoms with Crippen molar-refractivity contribution >= 4 is 5.91 Å². The van der Waals surface area contributed by atoms with Gasteiger partial charge in [0.05, 0.1) is 25.4 Å². The number of β-amino-alcohol motifs (C(OH)–C–C–N with tert-alkyl or cyclic N) is 1. The Kier molecular flexibility index (Phi) is 3.74. The zero-order valence-electron chi connectivity index (χ0n) is 11.4. The molecular weight excluding hydrogens is 256 g/mol. The van der Waals surface area contributed by atoms with Gasteiger partial charge in [0, 0.05) is 13.1 Å². The van der Waals surface area contributed by atoms with Gasteiger partial charge in [0.1, 0.15) is 0 Å². The molecule has 1 saturated heterocycles. The molecule has 0 aliphatic carbocycles. The zero-order valence-corrected chi connectivity index (χ0v) is 11.4. The molecule has 2 atom stereocenters. The number of benzene rings is 1. The predicted molar refractivity (Wildman–Crippen MR) is 73.8 cm³/mol. The molecule has 0 bridgehead atoms. The molecular formula is C15H20N2O3. The molecule has 0 unspecified atom stereocenters. The molecule has 1 fully saturated rings. The summed E-state index contributed by atoms with van der Waals surface area (Å²) in [4.78, 5) is 13.5. The molecule has 2 aliphatic rings. The quantitative estimate of drug-likeness (QED) is 0.826. The van der Waals surface area contributed by atoms with Crippen LogP contribution in [0.15, 0.2) is 18.2 Å². The normalized spacial score (nSPS) is 26.4. The number of hydrogen-bond donors (Lipinski definition) is 2. The lowest BCUT2D eigenvalue weighted by Crippen LogP contribution is -2.40. The van der Waals surface area contributed by atoms with Crippen LogP contribution in [0.25, 0.3) is 0 Å². The maximum atomic E-state index is 11.5. The summed E-state index contributed by atoms with van der Waals surface area (Å²) in [6, 6.07) is 5.84. The predicted octanol–water partition coefficient (Wildman–Crippen LogP) is 0.180. The van der Waals surface area contributed by atoms with Crippen molar-refractivity contribution in [1.29, 1.82) is 0 Å². The van der Waals surface area contributed by atoms with E-state index in [1.165, 1.54) is 16.7 Å². The van der Waals surface area contributed by atoms with E-state index in [1.807, 2.05) is 11.0 Å². The molecule has 2 aliphatic heterocycles. The third-order valence-corrected chi connectivity index (χ3v) is 4.21. The molecule has 0 radical (unpaired) electrons. The summed E-state index contributed by atoms with van der Waals surface area (Å²) in [5, 5.41) is 9.77. The maximum Gasteiger partial charge on any atom is 0.234 e. The fourth-order valence-electron chi connectivity index (χ4n) is 3.22. The minimum Gasteiger partial charge on any atom is -0.392 e. The molecule has 0 saturated carbocycles. The lowest BCUT2D eigenvalue weighted by molar-refractivity contribution is -0.122. The summed E-state index contributed by atoms with van der Waals surface area (Å²) in [5.41, 5.74) is 9.19. The van der Waals surface area contributed by atoms with Gasteiger partial charge in [-0.25, -0.2) is 0 Å². The van der Waals surface area contributed by atoms with Crippen molar-refractivity contribution in [3.05, 3.63) is 34.9 Å². The number of ether oxygens (including phenoxy) is 1. The topological polar surface area (TPSA) is 75.8 Å². The van der Waals surface area contributed by atoms with Crippen LogP contribution < -0.4 is 5.73 Å². The highest BCUT2D eigenvalue weighted by molar-refractivity contribution is 5.80. The van der Waals surface area contributed by atoms with Crippen LogP contribution in [0.4, 0.5) is 0 Å². The van der Waals surface area contributed by atoms with Crippen LogP contribution >= 0.6 is 0 Å². The van der Waals surface area contributed by atoms with E-state index >= 15 is 0 Å². The molecule has 5 nitrogen and oxygen atoms in total. The van der Waals surface area contributed by atoms with Crippen molar-refractivity contribution in [2.24, 2.45) is 5.73 Å². The molecule has 0 spiro atoms. The zero-order chi connectivity index (χ0) is 14.1. The summed E-state index contributed by atoms with van der Waals surface area (Å²) >= 11 is 0. The third-order valence-electron chi connectivity index (χ3n) is 4.21. The van der Waals surface area contributed by atoms with Crippen molar-refractivity contribution in [2.75, 3.05) is 13.2 Å². The first-order chi connectivity index (χ1) is 9.65. The highest BCUT2D eigenvalue weighted by Crippen LogP contribution is 2.25. The Morgan fingerprint density at radius 1 is 1.50 bits per heavy atom. The fourth-order valence-corrected chi connectivity index (χ4v) is 3.22. The number of carbonyl (C=O) groups excluding carboxylic acids is 1. The van der Waals surface area contributed by atoms with E-state index in [1.54, 1.807) is 0 Å². The number of rotatable bonds is 3. The van der Waals surface area contributed by atoms with Crippen LogP contribution in [-0.2, 0) is 29.1 Å². The number of nitrogens with two attached hydrogens (primary N) is 1. The van der Waals surface area contributed by atoms with Crippen molar-refractivity contribution in [2.45, 2.75) is 38.1 Å². The Morgan fingerprint density at radius 2 is 2.35 bits per heavy atom. The summed E-state index contributed by atoms with van der Waals surface area (Å²) in [5.74, 6) is -0.352. The second-order valence-electron chi connectivity index (χ2n) is 5.59. The standard InChI is InChI=1S/C15H20N2O3/c16-15(19)14-6-12(18)8-17(14)7-10-2-1-3-11-9-20-5-4-13(10)11/h1-3,12,14,18H,4-9H2,(H2,16,19)/t12-,14+/m1/s1. The first kappa shape index (κ1) is 13.5. The Hall–Kier alpha value is -1.43. The Labute approximate surface area is 118 Å². The number of primary amides is 1. The lowest BCUT2D eigenvalue weighted by Gasteiger charge is -2.25. The number of aliphatic hydroxyl groups is 1. The first-order valence-electron chi connectivity index (χ1n) is 7.04. The number of aliphatic hydroxyl groups excluding tert-OH is 1. The summed E-state index contributed by atoms with van der Waals surface area (Å²) < 4.78 is 5.47. The molecule has 20 heavy (non-hydrogen) atoms. The third kappa shape index (κ3) is 2.57. The Bertz CT molecular complexity index is 518. The maximum absolute atomic E-state index is 11.5. The van der Waals surface area contributed by atoms with Gasteiger partial charge in [-0.3, -0.25) is 9.69 Å². The molecule has 0 aromatic heterocycles. The summed E-state index contributed by atoms with van der Waals surface area (Å²) in [6.45, 7) is 2.57.